The number of hydrogen-bond donors (Lipinski definition) is 1. The minimum absolute atomic E-state index is 0.0429. The number of rotatable bonds is 5. The number of aryl methyl sites for hydroxylation is 1. The molecule has 6 nitrogen and oxygen atoms in total. The monoisotopic (exact) mass is 303 g/mol. The maximum absolute atomic E-state index is 12.3. The van der Waals surface area contributed by atoms with Crippen LogP contribution in [-0.2, 0) is 13.6 Å². The van der Waals surface area contributed by atoms with Gasteiger partial charge in [0.1, 0.15) is 11.7 Å². The Morgan fingerprint density at radius 2 is 2.33 bits per heavy atom. The minimum atomic E-state index is -0.0429. The number of nitrogens with zero attached hydrogens (tertiary/aromatic N) is 4. The van der Waals surface area contributed by atoms with E-state index in [9.17, 15) is 4.79 Å². The Hall–Kier alpha value is -1.99. The molecule has 0 aliphatic heterocycles. The summed E-state index contributed by atoms with van der Waals surface area (Å²) in [5.41, 5.74) is 0.579. The third-order valence-electron chi connectivity index (χ3n) is 3.49. The van der Waals surface area contributed by atoms with Gasteiger partial charge in [0, 0.05) is 31.1 Å². The fourth-order valence-electron chi connectivity index (χ4n) is 2.27. The number of thiophene rings is 1. The van der Waals surface area contributed by atoms with Crippen LogP contribution in [0, 0.1) is 0 Å². The average Bonchev–Trinajstić information content (AvgIpc) is 3.12. The number of hydrogen-bond acceptors (Lipinski definition) is 5. The molecule has 1 N–H and O–H groups in total. The summed E-state index contributed by atoms with van der Waals surface area (Å²) >= 11 is 1.73. The number of aromatic nitrogens is 4. The lowest BCUT2D eigenvalue weighted by Crippen LogP contribution is -2.28. The summed E-state index contributed by atoms with van der Waals surface area (Å²) in [5, 5.41) is 10.1. The number of nitrogens with one attached hydrogen (secondary N) is 1. The highest BCUT2D eigenvalue weighted by Gasteiger charge is 2.09. The van der Waals surface area contributed by atoms with E-state index in [2.05, 4.69) is 33.8 Å². The van der Waals surface area contributed by atoms with Crippen LogP contribution < -0.4 is 10.9 Å². The molecule has 0 fully saturated rings. The summed E-state index contributed by atoms with van der Waals surface area (Å²) in [6.07, 6.45) is 3.16. The Morgan fingerprint density at radius 1 is 1.48 bits per heavy atom. The standard InChI is InChI=1S/C14H17N5OS/c1-10(12-4-3-7-21-12)15-5-6-19-9-16-13-11(14(19)20)8-17-18(13)2/h3-4,7-10,15H,5-6H2,1-2H3. The van der Waals surface area contributed by atoms with E-state index >= 15 is 0 Å². The summed E-state index contributed by atoms with van der Waals surface area (Å²) in [5.74, 6) is 0. The fraction of sp³-hybridized carbons (Fsp3) is 0.357. The van der Waals surface area contributed by atoms with Crippen LogP contribution in [0.4, 0.5) is 0 Å². The van der Waals surface area contributed by atoms with Crippen molar-refractivity contribution >= 4 is 22.4 Å². The van der Waals surface area contributed by atoms with E-state index in [4.69, 9.17) is 0 Å². The summed E-state index contributed by atoms with van der Waals surface area (Å²) in [4.78, 5) is 17.9. The van der Waals surface area contributed by atoms with Gasteiger partial charge in [0.2, 0.25) is 0 Å². The van der Waals surface area contributed by atoms with E-state index < -0.39 is 0 Å². The van der Waals surface area contributed by atoms with Crippen LogP contribution >= 0.6 is 11.3 Å². The van der Waals surface area contributed by atoms with Crippen LogP contribution in [0.2, 0.25) is 0 Å². The van der Waals surface area contributed by atoms with Crippen molar-refractivity contribution in [3.63, 3.8) is 0 Å². The maximum Gasteiger partial charge on any atom is 0.264 e. The Labute approximate surface area is 126 Å². The molecule has 21 heavy (non-hydrogen) atoms. The van der Waals surface area contributed by atoms with Crippen LogP contribution in [0.15, 0.2) is 34.8 Å². The van der Waals surface area contributed by atoms with E-state index in [0.717, 1.165) is 0 Å². The molecule has 3 aromatic heterocycles. The zero-order valence-corrected chi connectivity index (χ0v) is 12.8. The van der Waals surface area contributed by atoms with Gasteiger partial charge in [-0.15, -0.1) is 11.3 Å². The molecule has 0 aliphatic rings. The van der Waals surface area contributed by atoms with Crippen LogP contribution in [0.1, 0.15) is 17.8 Å². The summed E-state index contributed by atoms with van der Waals surface area (Å²) in [7, 11) is 1.78. The van der Waals surface area contributed by atoms with Gasteiger partial charge in [-0.3, -0.25) is 14.0 Å². The van der Waals surface area contributed by atoms with Gasteiger partial charge in [0.25, 0.3) is 5.56 Å². The molecule has 0 amide bonds. The van der Waals surface area contributed by atoms with Crippen molar-refractivity contribution in [2.75, 3.05) is 6.54 Å². The lowest BCUT2D eigenvalue weighted by molar-refractivity contribution is 0.527. The third-order valence-corrected chi connectivity index (χ3v) is 4.55. The van der Waals surface area contributed by atoms with Gasteiger partial charge in [-0.05, 0) is 18.4 Å². The van der Waals surface area contributed by atoms with Crippen molar-refractivity contribution < 1.29 is 0 Å². The second-order valence-corrected chi connectivity index (χ2v) is 5.92. The van der Waals surface area contributed by atoms with Crippen molar-refractivity contribution in [3.8, 4) is 0 Å². The van der Waals surface area contributed by atoms with Crippen molar-refractivity contribution in [2.45, 2.75) is 19.5 Å². The molecule has 3 heterocycles. The quantitative estimate of drug-likeness (QED) is 0.776. The van der Waals surface area contributed by atoms with Crippen molar-refractivity contribution in [1.82, 2.24) is 24.6 Å². The van der Waals surface area contributed by atoms with Crippen LogP contribution in [0.25, 0.3) is 11.0 Å². The lowest BCUT2D eigenvalue weighted by atomic mass is 10.3. The fourth-order valence-corrected chi connectivity index (χ4v) is 3.02. The van der Waals surface area contributed by atoms with Gasteiger partial charge in [0.05, 0.1) is 6.20 Å². The molecule has 1 atom stereocenters. The van der Waals surface area contributed by atoms with Gasteiger partial charge >= 0.3 is 0 Å². The molecule has 0 saturated carbocycles. The zero-order chi connectivity index (χ0) is 14.8. The molecule has 1 unspecified atom stereocenters. The molecular weight excluding hydrogens is 286 g/mol. The van der Waals surface area contributed by atoms with E-state index in [1.807, 2.05) is 6.07 Å². The largest absolute Gasteiger partial charge is 0.308 e. The van der Waals surface area contributed by atoms with Crippen molar-refractivity contribution in [3.05, 3.63) is 45.3 Å². The van der Waals surface area contributed by atoms with Gasteiger partial charge in [0.15, 0.2) is 5.65 Å². The first kappa shape index (κ1) is 14.0. The summed E-state index contributed by atoms with van der Waals surface area (Å²) in [6, 6.07) is 4.44. The highest BCUT2D eigenvalue weighted by molar-refractivity contribution is 7.10. The van der Waals surface area contributed by atoms with Gasteiger partial charge < -0.3 is 5.32 Å². The van der Waals surface area contributed by atoms with Crippen LogP contribution in [0.3, 0.4) is 0 Å². The Morgan fingerprint density at radius 3 is 3.10 bits per heavy atom. The van der Waals surface area contributed by atoms with Crippen molar-refractivity contribution in [2.24, 2.45) is 7.05 Å². The first-order chi connectivity index (χ1) is 10.2. The topological polar surface area (TPSA) is 64.7 Å². The smallest absolute Gasteiger partial charge is 0.264 e. The Bertz CT molecular complexity index is 789. The highest BCUT2D eigenvalue weighted by Crippen LogP contribution is 2.17. The molecule has 0 bridgehead atoms. The number of fused-ring (bicyclic) bond motifs is 1. The molecule has 0 radical (unpaired) electrons. The molecule has 0 aromatic carbocycles. The molecule has 110 valence electrons. The molecular formula is C14H17N5OS. The maximum atomic E-state index is 12.3. The van der Waals surface area contributed by atoms with Crippen molar-refractivity contribution in [1.29, 1.82) is 0 Å². The van der Waals surface area contributed by atoms with Gasteiger partial charge in [-0.2, -0.15) is 5.10 Å². The van der Waals surface area contributed by atoms with E-state index in [0.29, 0.717) is 24.1 Å². The van der Waals surface area contributed by atoms with E-state index in [-0.39, 0.29) is 11.6 Å². The van der Waals surface area contributed by atoms with Crippen LogP contribution in [0.5, 0.6) is 0 Å². The Kier molecular flexibility index (Phi) is 3.85. The average molecular weight is 303 g/mol. The second kappa shape index (κ2) is 5.79. The molecule has 7 heteroatoms. The van der Waals surface area contributed by atoms with Crippen LogP contribution in [-0.4, -0.2) is 25.9 Å². The first-order valence-electron chi connectivity index (χ1n) is 6.81. The normalized spacial score (nSPS) is 12.9. The Balaban J connectivity index is 1.68. The van der Waals surface area contributed by atoms with E-state index in [1.54, 1.807) is 40.2 Å². The summed E-state index contributed by atoms with van der Waals surface area (Å²) < 4.78 is 3.23. The van der Waals surface area contributed by atoms with E-state index in [1.165, 1.54) is 4.88 Å². The zero-order valence-electron chi connectivity index (χ0n) is 12.0. The highest BCUT2D eigenvalue weighted by atomic mass is 32.1. The molecule has 0 spiro atoms. The predicted molar refractivity (Wildman–Crippen MR) is 83.5 cm³/mol. The molecule has 3 rings (SSSR count). The third kappa shape index (κ3) is 2.74. The second-order valence-electron chi connectivity index (χ2n) is 4.94. The molecule has 3 aromatic rings. The van der Waals surface area contributed by atoms with Gasteiger partial charge in [-0.1, -0.05) is 6.07 Å². The molecule has 0 aliphatic carbocycles. The SMILES string of the molecule is CC(NCCn1cnc2c(cnn2C)c1=O)c1cccs1. The van der Waals surface area contributed by atoms with Gasteiger partial charge in [-0.25, -0.2) is 4.98 Å². The summed E-state index contributed by atoms with van der Waals surface area (Å²) in [6.45, 7) is 3.43. The lowest BCUT2D eigenvalue weighted by Gasteiger charge is -2.12. The first-order valence-corrected chi connectivity index (χ1v) is 7.68. The molecule has 0 saturated heterocycles. The minimum Gasteiger partial charge on any atom is -0.308 e. The predicted octanol–water partition coefficient (Wildman–Crippen LogP) is 1.54.